The molecule has 0 aromatic carbocycles. The van der Waals surface area contributed by atoms with Crippen molar-refractivity contribution in [3.63, 3.8) is 0 Å². The van der Waals surface area contributed by atoms with Crippen LogP contribution in [0.4, 0.5) is 0 Å². The Morgan fingerprint density at radius 3 is 2.67 bits per heavy atom. The molecule has 0 saturated carbocycles. The predicted octanol–water partition coefficient (Wildman–Crippen LogP) is 1.36. The van der Waals surface area contributed by atoms with Gasteiger partial charge in [-0.25, -0.2) is 0 Å². The van der Waals surface area contributed by atoms with E-state index in [9.17, 15) is 8.42 Å². The molecule has 1 aromatic rings. The van der Waals surface area contributed by atoms with Gasteiger partial charge in [-0.15, -0.1) is 5.10 Å². The maximum Gasteiger partial charge on any atom is 0.281 e. The van der Waals surface area contributed by atoms with Crippen molar-refractivity contribution in [1.29, 1.82) is 0 Å². The molecular weight excluding hydrogens is 346 g/mol. The molecule has 0 radical (unpaired) electrons. The van der Waals surface area contributed by atoms with E-state index in [-0.39, 0.29) is 6.04 Å². The van der Waals surface area contributed by atoms with Gasteiger partial charge in [-0.2, -0.15) is 17.0 Å². The standard InChI is InChI=1S/C15H27N5O2S2/c1-11(2)15-14(23-17-16-15)10-19-7-12-5-6-13(19)9-20(8-12)24(21,22)18(3)4/h11-13H,5-10H2,1-4H3/t12-,13-/m0/s1. The highest BCUT2D eigenvalue weighted by atomic mass is 32.2. The molecule has 3 saturated heterocycles. The van der Waals surface area contributed by atoms with Crippen molar-refractivity contribution in [1.82, 2.24) is 23.1 Å². The van der Waals surface area contributed by atoms with Crippen LogP contribution in [-0.4, -0.2) is 71.3 Å². The molecule has 3 aliphatic heterocycles. The van der Waals surface area contributed by atoms with Gasteiger partial charge in [-0.1, -0.05) is 18.3 Å². The third-order valence-electron chi connectivity index (χ3n) is 5.06. The normalized spacial score (nSPS) is 26.4. The molecule has 1 aromatic heterocycles. The molecule has 136 valence electrons. The highest BCUT2D eigenvalue weighted by molar-refractivity contribution is 7.86. The van der Waals surface area contributed by atoms with Crippen molar-refractivity contribution in [2.24, 2.45) is 5.92 Å². The molecule has 24 heavy (non-hydrogen) atoms. The second-order valence-corrected chi connectivity index (χ2v) is 10.4. The third-order valence-corrected chi connectivity index (χ3v) is 7.66. The van der Waals surface area contributed by atoms with Crippen molar-refractivity contribution in [2.75, 3.05) is 33.7 Å². The van der Waals surface area contributed by atoms with Crippen LogP contribution in [0.1, 0.15) is 43.2 Å². The molecule has 2 bridgehead atoms. The quantitative estimate of drug-likeness (QED) is 0.779. The Bertz CT molecular complexity index is 673. The molecule has 0 N–H and O–H groups in total. The lowest BCUT2D eigenvalue weighted by Gasteiger charge is -2.35. The van der Waals surface area contributed by atoms with Crippen LogP contribution in [-0.2, 0) is 16.8 Å². The van der Waals surface area contributed by atoms with Crippen LogP contribution in [0.5, 0.6) is 0 Å². The van der Waals surface area contributed by atoms with Crippen molar-refractivity contribution < 1.29 is 8.42 Å². The first-order valence-corrected chi connectivity index (χ1v) is 10.7. The molecule has 2 atom stereocenters. The van der Waals surface area contributed by atoms with Crippen molar-refractivity contribution in [3.8, 4) is 0 Å². The zero-order valence-electron chi connectivity index (χ0n) is 14.8. The van der Waals surface area contributed by atoms with E-state index in [0.29, 0.717) is 24.9 Å². The summed E-state index contributed by atoms with van der Waals surface area (Å²) in [6.07, 6.45) is 2.17. The number of aromatic nitrogens is 2. The summed E-state index contributed by atoms with van der Waals surface area (Å²) in [7, 11) is -0.120. The number of fused-ring (bicyclic) bond motifs is 4. The lowest BCUT2D eigenvalue weighted by molar-refractivity contribution is 0.126. The van der Waals surface area contributed by atoms with E-state index in [2.05, 4.69) is 28.3 Å². The van der Waals surface area contributed by atoms with Gasteiger partial charge >= 0.3 is 0 Å². The van der Waals surface area contributed by atoms with Crippen LogP contribution in [0, 0.1) is 5.92 Å². The van der Waals surface area contributed by atoms with Crippen molar-refractivity contribution in [3.05, 3.63) is 10.6 Å². The van der Waals surface area contributed by atoms with E-state index in [4.69, 9.17) is 0 Å². The number of hydrogen-bond donors (Lipinski definition) is 0. The minimum atomic E-state index is -3.34. The summed E-state index contributed by atoms with van der Waals surface area (Å²) in [6, 6.07) is 0.278. The fourth-order valence-corrected chi connectivity index (χ4v) is 5.74. The van der Waals surface area contributed by atoms with Crippen LogP contribution in [0.2, 0.25) is 0 Å². The van der Waals surface area contributed by atoms with Crippen molar-refractivity contribution >= 4 is 21.7 Å². The van der Waals surface area contributed by atoms with Gasteiger partial charge in [0.1, 0.15) is 0 Å². The highest BCUT2D eigenvalue weighted by Gasteiger charge is 2.40. The fraction of sp³-hybridized carbons (Fsp3) is 0.867. The minimum absolute atomic E-state index is 0.278. The monoisotopic (exact) mass is 373 g/mol. The molecule has 3 aliphatic rings. The number of hydrogen-bond acceptors (Lipinski definition) is 6. The smallest absolute Gasteiger partial charge is 0.281 e. The molecule has 0 aliphatic carbocycles. The van der Waals surface area contributed by atoms with Crippen LogP contribution in [0.15, 0.2) is 0 Å². The Hall–Kier alpha value is -0.610. The van der Waals surface area contributed by atoms with E-state index in [1.807, 2.05) is 0 Å². The van der Waals surface area contributed by atoms with E-state index in [1.165, 1.54) is 20.7 Å². The van der Waals surface area contributed by atoms with Gasteiger partial charge < -0.3 is 0 Å². The van der Waals surface area contributed by atoms with Gasteiger partial charge in [0.15, 0.2) is 0 Å². The summed E-state index contributed by atoms with van der Waals surface area (Å²) in [4.78, 5) is 3.67. The molecule has 7 nitrogen and oxygen atoms in total. The summed E-state index contributed by atoms with van der Waals surface area (Å²) in [5.41, 5.74) is 1.08. The lowest BCUT2D eigenvalue weighted by atomic mass is 9.95. The van der Waals surface area contributed by atoms with Gasteiger partial charge in [0.2, 0.25) is 0 Å². The topological polar surface area (TPSA) is 69.6 Å². The van der Waals surface area contributed by atoms with E-state index < -0.39 is 10.2 Å². The van der Waals surface area contributed by atoms with Crippen LogP contribution < -0.4 is 0 Å². The number of nitrogens with zero attached hydrogens (tertiary/aromatic N) is 5. The second-order valence-electron chi connectivity index (χ2n) is 7.37. The molecular formula is C15H27N5O2S2. The van der Waals surface area contributed by atoms with Gasteiger partial charge in [-0.05, 0) is 36.2 Å². The van der Waals surface area contributed by atoms with Crippen LogP contribution in [0.3, 0.4) is 0 Å². The Kier molecular flexibility index (Phi) is 5.27. The Morgan fingerprint density at radius 2 is 2.00 bits per heavy atom. The number of rotatable bonds is 5. The summed E-state index contributed by atoms with van der Waals surface area (Å²) in [6.45, 7) is 7.29. The zero-order valence-corrected chi connectivity index (χ0v) is 16.5. The first kappa shape index (κ1) is 18.2. The van der Waals surface area contributed by atoms with Crippen LogP contribution in [0.25, 0.3) is 0 Å². The largest absolute Gasteiger partial charge is 0.294 e. The Morgan fingerprint density at radius 1 is 1.25 bits per heavy atom. The van der Waals surface area contributed by atoms with Crippen molar-refractivity contribution in [2.45, 2.75) is 45.2 Å². The molecule has 4 heterocycles. The summed E-state index contributed by atoms with van der Waals surface area (Å²) >= 11 is 1.47. The Labute approximate surface area is 149 Å². The Balaban J connectivity index is 1.78. The molecule has 0 amide bonds. The zero-order chi connectivity index (χ0) is 17.5. The molecule has 9 heteroatoms. The minimum Gasteiger partial charge on any atom is -0.294 e. The van der Waals surface area contributed by atoms with E-state index >= 15 is 0 Å². The molecule has 0 unspecified atom stereocenters. The molecule has 3 fully saturated rings. The van der Waals surface area contributed by atoms with Gasteiger partial charge in [0.25, 0.3) is 10.2 Å². The highest BCUT2D eigenvalue weighted by Crippen LogP contribution is 2.32. The van der Waals surface area contributed by atoms with Gasteiger partial charge in [0, 0.05) is 46.3 Å². The fourth-order valence-electron chi connectivity index (χ4n) is 3.70. The average molecular weight is 374 g/mol. The number of piperidine rings is 1. The van der Waals surface area contributed by atoms with Crippen LogP contribution >= 0.6 is 11.5 Å². The summed E-state index contributed by atoms with van der Waals surface area (Å²) in [5, 5.41) is 4.27. The third kappa shape index (κ3) is 3.50. The van der Waals surface area contributed by atoms with E-state index in [0.717, 1.165) is 31.6 Å². The molecule has 0 spiro atoms. The maximum atomic E-state index is 12.5. The predicted molar refractivity (Wildman–Crippen MR) is 95.1 cm³/mol. The van der Waals surface area contributed by atoms with Gasteiger partial charge in [-0.3, -0.25) is 4.90 Å². The SMILES string of the molecule is CC(C)c1nnsc1CN1C[C@@H]2CC[C@H]1CN(S(=O)(=O)N(C)C)C2. The first-order valence-electron chi connectivity index (χ1n) is 8.51. The van der Waals surface area contributed by atoms with Gasteiger partial charge in [0.05, 0.1) is 10.6 Å². The second kappa shape index (κ2) is 6.95. The summed E-state index contributed by atoms with van der Waals surface area (Å²) in [5.74, 6) is 0.774. The molecule has 4 rings (SSSR count). The van der Waals surface area contributed by atoms with E-state index in [1.54, 1.807) is 18.4 Å². The summed E-state index contributed by atoms with van der Waals surface area (Å²) < 4.78 is 32.2. The first-order chi connectivity index (χ1) is 11.3. The average Bonchev–Trinajstić information content (AvgIpc) is 2.77. The maximum absolute atomic E-state index is 12.5. The lowest BCUT2D eigenvalue weighted by Crippen LogP contribution is -2.45.